The van der Waals surface area contributed by atoms with E-state index in [1.807, 2.05) is 30.3 Å². The second-order valence-corrected chi connectivity index (χ2v) is 5.45. The number of ether oxygens (including phenoxy) is 1. The van der Waals surface area contributed by atoms with Crippen LogP contribution in [0.5, 0.6) is 0 Å². The van der Waals surface area contributed by atoms with Crippen LogP contribution in [-0.2, 0) is 11.3 Å². The maximum Gasteiger partial charge on any atom is 0.407 e. The molecule has 0 aliphatic carbocycles. The van der Waals surface area contributed by atoms with Crippen molar-refractivity contribution in [2.24, 2.45) is 0 Å². The number of pyridine rings is 1. The highest BCUT2D eigenvalue weighted by Crippen LogP contribution is 2.15. The summed E-state index contributed by atoms with van der Waals surface area (Å²) in [5.74, 6) is -1.13. The molecule has 0 bridgehead atoms. The lowest BCUT2D eigenvalue weighted by molar-refractivity contribution is 0.0696. The molecule has 1 aromatic carbocycles. The number of rotatable bonds is 7. The molecule has 7 heteroatoms. The molecule has 1 heterocycles. The maximum absolute atomic E-state index is 11.6. The van der Waals surface area contributed by atoms with Gasteiger partial charge in [-0.3, -0.25) is 0 Å². The van der Waals surface area contributed by atoms with Gasteiger partial charge in [-0.25, -0.2) is 14.6 Å². The summed E-state index contributed by atoms with van der Waals surface area (Å²) in [6.07, 6.45) is 5.07. The van der Waals surface area contributed by atoms with Crippen molar-refractivity contribution < 1.29 is 19.4 Å². The summed E-state index contributed by atoms with van der Waals surface area (Å²) in [5, 5.41) is 11.6. The van der Waals surface area contributed by atoms with Gasteiger partial charge in [0.25, 0.3) is 0 Å². The Labute approximate surface area is 150 Å². The molecule has 0 aliphatic heterocycles. The van der Waals surface area contributed by atoms with Gasteiger partial charge in [-0.15, -0.1) is 0 Å². The Morgan fingerprint density at radius 1 is 1.28 bits per heavy atom. The van der Waals surface area contributed by atoms with Crippen LogP contribution in [0, 0.1) is 0 Å². The molecule has 2 N–H and O–H groups in total. The molecule has 0 fully saturated rings. The van der Waals surface area contributed by atoms with Crippen molar-refractivity contribution in [3.63, 3.8) is 0 Å². The van der Waals surface area contributed by atoms with E-state index in [0.29, 0.717) is 18.5 Å². The van der Waals surface area contributed by atoms with Crippen LogP contribution in [0.15, 0.2) is 48.7 Å². The summed E-state index contributed by atoms with van der Waals surface area (Å²) in [5.41, 5.74) is 1.49. The molecule has 0 spiro atoms. The first-order valence-corrected chi connectivity index (χ1v) is 7.94. The molecule has 6 nitrogen and oxygen atoms in total. The Morgan fingerprint density at radius 3 is 2.76 bits per heavy atom. The highest BCUT2D eigenvalue weighted by Gasteiger charge is 2.09. The number of carboxylic acid groups (broad SMARTS) is 1. The summed E-state index contributed by atoms with van der Waals surface area (Å²) in [7, 11) is 0. The number of nitrogens with one attached hydrogen (secondary N) is 1. The zero-order chi connectivity index (χ0) is 18.1. The van der Waals surface area contributed by atoms with Gasteiger partial charge in [0.05, 0.1) is 5.56 Å². The third-order valence-corrected chi connectivity index (χ3v) is 3.50. The molecule has 0 atom stereocenters. The second-order valence-electron chi connectivity index (χ2n) is 5.09. The minimum Gasteiger partial charge on any atom is -0.478 e. The van der Waals surface area contributed by atoms with Crippen LogP contribution in [0.4, 0.5) is 4.79 Å². The number of carbonyl (C=O) groups is 2. The van der Waals surface area contributed by atoms with Crippen molar-refractivity contribution >= 4 is 29.7 Å². The lowest BCUT2D eigenvalue weighted by Gasteiger charge is -2.05. The van der Waals surface area contributed by atoms with Gasteiger partial charge in [0.1, 0.15) is 11.8 Å². The zero-order valence-corrected chi connectivity index (χ0v) is 14.1. The van der Waals surface area contributed by atoms with Crippen LogP contribution in [0.25, 0.3) is 6.08 Å². The van der Waals surface area contributed by atoms with Crippen molar-refractivity contribution in [2.75, 3.05) is 6.54 Å². The third kappa shape index (κ3) is 6.27. The fraction of sp³-hybridized carbons (Fsp3) is 0.167. The molecule has 2 aromatic rings. The Bertz CT molecular complexity index is 763. The van der Waals surface area contributed by atoms with E-state index in [2.05, 4.69) is 10.3 Å². The van der Waals surface area contributed by atoms with Crippen LogP contribution in [-0.4, -0.2) is 28.7 Å². The third-order valence-electron chi connectivity index (χ3n) is 3.19. The van der Waals surface area contributed by atoms with E-state index in [9.17, 15) is 9.59 Å². The highest BCUT2D eigenvalue weighted by atomic mass is 35.5. The lowest BCUT2D eigenvalue weighted by atomic mass is 10.2. The summed E-state index contributed by atoms with van der Waals surface area (Å²) in [6, 6.07) is 10.8. The molecule has 0 saturated carbocycles. The highest BCUT2D eigenvalue weighted by molar-refractivity contribution is 6.32. The predicted molar refractivity (Wildman–Crippen MR) is 94.5 cm³/mol. The van der Waals surface area contributed by atoms with Crippen LogP contribution >= 0.6 is 11.6 Å². The summed E-state index contributed by atoms with van der Waals surface area (Å²) >= 11 is 5.71. The van der Waals surface area contributed by atoms with Crippen LogP contribution in [0.1, 0.15) is 27.9 Å². The van der Waals surface area contributed by atoms with E-state index < -0.39 is 12.1 Å². The fourth-order valence-corrected chi connectivity index (χ4v) is 2.14. The summed E-state index contributed by atoms with van der Waals surface area (Å²) < 4.78 is 5.08. The minimum atomic E-state index is -1.13. The number of aromatic nitrogens is 1. The number of halogens is 1. The van der Waals surface area contributed by atoms with Crippen molar-refractivity contribution in [1.29, 1.82) is 0 Å². The number of alkyl carbamates (subject to hydrolysis) is 1. The number of carboxylic acids is 1. The van der Waals surface area contributed by atoms with E-state index in [1.54, 1.807) is 12.2 Å². The number of carbonyl (C=O) groups excluding carboxylic acids is 1. The Hall–Kier alpha value is -2.86. The molecule has 25 heavy (non-hydrogen) atoms. The smallest absolute Gasteiger partial charge is 0.407 e. The maximum atomic E-state index is 11.6. The number of aromatic carboxylic acids is 1. The van der Waals surface area contributed by atoms with Gasteiger partial charge < -0.3 is 15.2 Å². The van der Waals surface area contributed by atoms with E-state index in [4.69, 9.17) is 21.4 Å². The number of nitrogens with zero attached hydrogens (tertiary/aromatic N) is 1. The van der Waals surface area contributed by atoms with Crippen molar-refractivity contribution in [3.8, 4) is 0 Å². The monoisotopic (exact) mass is 360 g/mol. The van der Waals surface area contributed by atoms with Crippen LogP contribution in [0.3, 0.4) is 0 Å². The van der Waals surface area contributed by atoms with Gasteiger partial charge >= 0.3 is 12.1 Å². The molecule has 2 rings (SSSR count). The normalized spacial score (nSPS) is 10.6. The van der Waals surface area contributed by atoms with E-state index in [-0.39, 0.29) is 17.3 Å². The molecular formula is C18H17ClN2O4. The number of benzene rings is 1. The number of hydrogen-bond donors (Lipinski definition) is 2. The fourth-order valence-electron chi connectivity index (χ4n) is 1.96. The average Bonchev–Trinajstić information content (AvgIpc) is 2.61. The van der Waals surface area contributed by atoms with E-state index in [1.165, 1.54) is 12.3 Å². The molecule has 1 amide bonds. The first kappa shape index (κ1) is 18.5. The molecular weight excluding hydrogens is 344 g/mol. The van der Waals surface area contributed by atoms with Gasteiger partial charge in [0.2, 0.25) is 0 Å². The van der Waals surface area contributed by atoms with Gasteiger partial charge in [-0.2, -0.15) is 0 Å². The van der Waals surface area contributed by atoms with Gasteiger partial charge in [0, 0.05) is 12.7 Å². The molecule has 1 aromatic heterocycles. The van der Waals surface area contributed by atoms with Crippen LogP contribution in [0.2, 0.25) is 5.15 Å². The summed E-state index contributed by atoms with van der Waals surface area (Å²) in [6.45, 7) is 0.619. The van der Waals surface area contributed by atoms with Gasteiger partial charge in [0.15, 0.2) is 0 Å². The van der Waals surface area contributed by atoms with Crippen molar-refractivity contribution in [1.82, 2.24) is 10.3 Å². The van der Waals surface area contributed by atoms with Crippen molar-refractivity contribution in [2.45, 2.75) is 13.0 Å². The minimum absolute atomic E-state index is 0.0486. The van der Waals surface area contributed by atoms with Gasteiger partial charge in [-0.1, -0.05) is 54.1 Å². The zero-order valence-electron chi connectivity index (χ0n) is 13.3. The standard InChI is InChI=1S/C18H17ClN2O4/c19-16-15(17(22)23)10-14(11-21-16)8-4-5-9-20-18(24)25-12-13-6-2-1-3-7-13/h1-4,6-8,10-11H,5,9,12H2,(H,20,24)(H,22,23). The van der Waals surface area contributed by atoms with E-state index >= 15 is 0 Å². The molecule has 0 saturated heterocycles. The SMILES string of the molecule is O=C(NCCC=Cc1cnc(Cl)c(C(=O)O)c1)OCc1ccccc1. The average molecular weight is 361 g/mol. The molecule has 130 valence electrons. The second kappa shape index (κ2) is 9.44. The van der Waals surface area contributed by atoms with Gasteiger partial charge in [-0.05, 0) is 23.6 Å². The molecule has 0 aliphatic rings. The largest absolute Gasteiger partial charge is 0.478 e. The number of amides is 1. The molecule has 0 unspecified atom stereocenters. The lowest BCUT2D eigenvalue weighted by Crippen LogP contribution is -2.24. The first-order chi connectivity index (χ1) is 12.1. The summed E-state index contributed by atoms with van der Waals surface area (Å²) in [4.78, 5) is 26.4. The topological polar surface area (TPSA) is 88.5 Å². The Morgan fingerprint density at radius 2 is 2.04 bits per heavy atom. The van der Waals surface area contributed by atoms with Crippen molar-refractivity contribution in [3.05, 3.63) is 70.5 Å². The number of hydrogen-bond acceptors (Lipinski definition) is 4. The Kier molecular flexibility index (Phi) is 6.98. The molecule has 0 radical (unpaired) electrons. The Balaban J connectivity index is 1.72. The van der Waals surface area contributed by atoms with E-state index in [0.717, 1.165) is 5.56 Å². The quantitative estimate of drug-likeness (QED) is 0.579. The first-order valence-electron chi connectivity index (χ1n) is 7.56. The van der Waals surface area contributed by atoms with Crippen LogP contribution < -0.4 is 5.32 Å². The predicted octanol–water partition coefficient (Wildman–Crippen LogP) is 3.76.